The molecule has 17 heavy (non-hydrogen) atoms. The van der Waals surface area contributed by atoms with E-state index in [1.807, 2.05) is 4.90 Å². The van der Waals surface area contributed by atoms with Crippen LogP contribution >= 0.6 is 0 Å². The number of morpholine rings is 1. The van der Waals surface area contributed by atoms with Crippen LogP contribution in [-0.4, -0.2) is 74.2 Å². The van der Waals surface area contributed by atoms with E-state index in [1.165, 1.54) is 0 Å². The van der Waals surface area contributed by atoms with Crippen molar-refractivity contribution >= 4 is 5.91 Å². The molecular weight excluding hydrogens is 218 g/mol. The SMILES string of the molecule is CC1CN(C)CCCN1C(=O)C1CNCCO1. The van der Waals surface area contributed by atoms with Gasteiger partial charge in [0.15, 0.2) is 0 Å². The van der Waals surface area contributed by atoms with Gasteiger partial charge in [0.25, 0.3) is 5.91 Å². The highest BCUT2D eigenvalue weighted by Gasteiger charge is 2.31. The normalized spacial score (nSPS) is 32.2. The lowest BCUT2D eigenvalue weighted by Crippen LogP contribution is -2.52. The summed E-state index contributed by atoms with van der Waals surface area (Å²) in [6.45, 7) is 7.13. The molecule has 2 unspecified atom stereocenters. The Balaban J connectivity index is 1.96. The fourth-order valence-electron chi connectivity index (χ4n) is 2.61. The van der Waals surface area contributed by atoms with Crippen molar-refractivity contribution in [1.29, 1.82) is 0 Å². The van der Waals surface area contributed by atoms with Crippen molar-refractivity contribution in [3.63, 3.8) is 0 Å². The topological polar surface area (TPSA) is 44.8 Å². The third-order valence-electron chi connectivity index (χ3n) is 3.53. The van der Waals surface area contributed by atoms with Gasteiger partial charge in [0.2, 0.25) is 0 Å². The van der Waals surface area contributed by atoms with Crippen molar-refractivity contribution in [2.75, 3.05) is 46.4 Å². The van der Waals surface area contributed by atoms with Gasteiger partial charge >= 0.3 is 0 Å². The first-order chi connectivity index (χ1) is 8.18. The number of hydrogen-bond acceptors (Lipinski definition) is 4. The number of hydrogen-bond donors (Lipinski definition) is 1. The van der Waals surface area contributed by atoms with Crippen molar-refractivity contribution < 1.29 is 9.53 Å². The molecule has 0 aromatic heterocycles. The van der Waals surface area contributed by atoms with Crippen molar-refractivity contribution in [3.05, 3.63) is 0 Å². The highest BCUT2D eigenvalue weighted by molar-refractivity contribution is 5.81. The third kappa shape index (κ3) is 3.18. The van der Waals surface area contributed by atoms with E-state index < -0.39 is 0 Å². The molecule has 2 aliphatic rings. The number of carbonyl (C=O) groups excluding carboxylic acids is 1. The molecule has 0 radical (unpaired) electrons. The Labute approximate surface area is 103 Å². The van der Waals surface area contributed by atoms with E-state index in [1.54, 1.807) is 0 Å². The second kappa shape index (κ2) is 5.80. The number of rotatable bonds is 1. The van der Waals surface area contributed by atoms with Gasteiger partial charge in [-0.05, 0) is 26.9 Å². The van der Waals surface area contributed by atoms with E-state index in [0.717, 1.165) is 32.6 Å². The number of likely N-dealkylation sites (N-methyl/N-ethyl adjacent to an activating group) is 1. The van der Waals surface area contributed by atoms with Crippen LogP contribution in [-0.2, 0) is 9.53 Å². The van der Waals surface area contributed by atoms with Crippen molar-refractivity contribution in [2.24, 2.45) is 0 Å². The molecule has 0 saturated carbocycles. The van der Waals surface area contributed by atoms with Crippen LogP contribution in [0.25, 0.3) is 0 Å². The highest BCUT2D eigenvalue weighted by atomic mass is 16.5. The van der Waals surface area contributed by atoms with E-state index >= 15 is 0 Å². The molecule has 5 heteroatoms. The molecule has 1 amide bonds. The van der Waals surface area contributed by atoms with Gasteiger partial charge in [-0.1, -0.05) is 0 Å². The second-order valence-corrected chi connectivity index (χ2v) is 5.06. The highest BCUT2D eigenvalue weighted by Crippen LogP contribution is 2.12. The molecule has 0 bridgehead atoms. The minimum atomic E-state index is -0.283. The van der Waals surface area contributed by atoms with Crippen LogP contribution in [0.15, 0.2) is 0 Å². The summed E-state index contributed by atoms with van der Waals surface area (Å²) in [5.74, 6) is 0.153. The molecule has 5 nitrogen and oxygen atoms in total. The van der Waals surface area contributed by atoms with Gasteiger partial charge in [-0.2, -0.15) is 0 Å². The summed E-state index contributed by atoms with van der Waals surface area (Å²) in [5, 5.41) is 3.21. The zero-order valence-corrected chi connectivity index (χ0v) is 10.8. The molecule has 2 heterocycles. The number of ether oxygens (including phenoxy) is 1. The summed E-state index contributed by atoms with van der Waals surface area (Å²) >= 11 is 0. The van der Waals surface area contributed by atoms with Crippen molar-refractivity contribution in [1.82, 2.24) is 15.1 Å². The van der Waals surface area contributed by atoms with Gasteiger partial charge in [0.05, 0.1) is 6.61 Å². The summed E-state index contributed by atoms with van der Waals surface area (Å²) in [6, 6.07) is 0.278. The van der Waals surface area contributed by atoms with Crippen LogP contribution in [0.2, 0.25) is 0 Å². The van der Waals surface area contributed by atoms with Crippen LogP contribution in [0, 0.1) is 0 Å². The van der Waals surface area contributed by atoms with E-state index in [4.69, 9.17) is 4.74 Å². The lowest BCUT2D eigenvalue weighted by Gasteiger charge is -2.33. The first-order valence-electron chi connectivity index (χ1n) is 6.50. The monoisotopic (exact) mass is 241 g/mol. The summed E-state index contributed by atoms with van der Waals surface area (Å²) in [7, 11) is 2.11. The van der Waals surface area contributed by atoms with Gasteiger partial charge in [-0.3, -0.25) is 4.79 Å². The molecule has 0 aromatic carbocycles. The van der Waals surface area contributed by atoms with Gasteiger partial charge in [0, 0.05) is 32.2 Å². The molecule has 2 fully saturated rings. The Bertz CT molecular complexity index is 266. The fourth-order valence-corrected chi connectivity index (χ4v) is 2.61. The van der Waals surface area contributed by atoms with Gasteiger partial charge in [-0.15, -0.1) is 0 Å². The average Bonchev–Trinajstić information content (AvgIpc) is 2.50. The lowest BCUT2D eigenvalue weighted by molar-refractivity contribution is -0.147. The standard InChI is InChI=1S/C12H23N3O2/c1-10-9-14(2)5-3-6-15(10)12(16)11-8-13-4-7-17-11/h10-11,13H,3-9H2,1-2H3. The quantitative estimate of drug-likeness (QED) is 0.674. The minimum absolute atomic E-state index is 0.153. The Morgan fingerprint density at radius 2 is 2.24 bits per heavy atom. The smallest absolute Gasteiger partial charge is 0.253 e. The maximum atomic E-state index is 12.4. The Hall–Kier alpha value is -0.650. The molecule has 0 spiro atoms. The predicted molar refractivity (Wildman–Crippen MR) is 65.9 cm³/mol. The summed E-state index contributed by atoms with van der Waals surface area (Å²) < 4.78 is 5.54. The van der Waals surface area contributed by atoms with Gasteiger partial charge in [0.1, 0.15) is 6.10 Å². The van der Waals surface area contributed by atoms with Crippen LogP contribution in [0.3, 0.4) is 0 Å². The first-order valence-corrected chi connectivity index (χ1v) is 6.50. The first kappa shape index (κ1) is 12.8. The van der Waals surface area contributed by atoms with Gasteiger partial charge in [-0.25, -0.2) is 0 Å². The van der Waals surface area contributed by atoms with E-state index in [2.05, 4.69) is 24.2 Å². The molecule has 2 aliphatic heterocycles. The molecule has 2 saturated heterocycles. The zero-order valence-electron chi connectivity index (χ0n) is 10.8. The molecule has 2 rings (SSSR count). The molecule has 0 aliphatic carbocycles. The summed E-state index contributed by atoms with van der Waals surface area (Å²) in [6.07, 6.45) is 0.766. The predicted octanol–water partition coefficient (Wildman–Crippen LogP) is -0.473. The summed E-state index contributed by atoms with van der Waals surface area (Å²) in [5.41, 5.74) is 0. The fraction of sp³-hybridized carbons (Fsp3) is 0.917. The molecule has 98 valence electrons. The number of nitrogens with zero attached hydrogens (tertiary/aromatic N) is 2. The Kier molecular flexibility index (Phi) is 4.36. The minimum Gasteiger partial charge on any atom is -0.366 e. The van der Waals surface area contributed by atoms with Crippen LogP contribution < -0.4 is 5.32 Å². The van der Waals surface area contributed by atoms with E-state index in [0.29, 0.717) is 13.2 Å². The van der Waals surface area contributed by atoms with E-state index in [9.17, 15) is 4.79 Å². The number of amides is 1. The largest absolute Gasteiger partial charge is 0.366 e. The van der Waals surface area contributed by atoms with Crippen molar-refractivity contribution in [2.45, 2.75) is 25.5 Å². The third-order valence-corrected chi connectivity index (χ3v) is 3.53. The maximum Gasteiger partial charge on any atom is 0.253 e. The van der Waals surface area contributed by atoms with Crippen LogP contribution in [0.5, 0.6) is 0 Å². The Morgan fingerprint density at radius 3 is 2.94 bits per heavy atom. The molecule has 2 atom stereocenters. The molecule has 1 N–H and O–H groups in total. The summed E-state index contributed by atoms with van der Waals surface area (Å²) in [4.78, 5) is 16.6. The van der Waals surface area contributed by atoms with Crippen LogP contribution in [0.4, 0.5) is 0 Å². The van der Waals surface area contributed by atoms with Crippen molar-refractivity contribution in [3.8, 4) is 0 Å². The average molecular weight is 241 g/mol. The zero-order chi connectivity index (χ0) is 12.3. The Morgan fingerprint density at radius 1 is 1.41 bits per heavy atom. The molecule has 0 aromatic rings. The number of carbonyl (C=O) groups is 1. The number of nitrogens with one attached hydrogen (secondary N) is 1. The second-order valence-electron chi connectivity index (χ2n) is 5.06. The van der Waals surface area contributed by atoms with Crippen LogP contribution in [0.1, 0.15) is 13.3 Å². The van der Waals surface area contributed by atoms with E-state index in [-0.39, 0.29) is 18.1 Å². The molecular formula is C12H23N3O2. The maximum absolute atomic E-state index is 12.4. The van der Waals surface area contributed by atoms with Gasteiger partial charge < -0.3 is 19.9 Å². The lowest BCUT2D eigenvalue weighted by atomic mass is 10.2.